The molecule has 0 bridgehead atoms. The lowest BCUT2D eigenvalue weighted by Crippen LogP contribution is -1.96. The lowest BCUT2D eigenvalue weighted by Gasteiger charge is -1.99. The molecular formula is C11H11N3O5. The molecule has 0 aliphatic rings. The van der Waals surface area contributed by atoms with Crippen molar-refractivity contribution < 1.29 is 19.9 Å². The number of ketones is 1. The van der Waals surface area contributed by atoms with Crippen LogP contribution in [0.3, 0.4) is 0 Å². The van der Waals surface area contributed by atoms with E-state index < -0.39 is 10.7 Å². The number of hydrogen-bond donors (Lipinski definition) is 2. The van der Waals surface area contributed by atoms with Crippen LogP contribution in [0.5, 0.6) is 5.75 Å². The second-order valence-corrected chi connectivity index (χ2v) is 3.62. The summed E-state index contributed by atoms with van der Waals surface area (Å²) in [5, 5.41) is 36.2. The number of aliphatic hydroxyl groups is 1. The topological polar surface area (TPSA) is 125 Å². The van der Waals surface area contributed by atoms with Crippen molar-refractivity contribution in [2.24, 2.45) is 10.2 Å². The SMILES string of the molecule is CC(=O)/C(N=Nc1cc([N+](=O)[O-])ccc1O)=C(/C)O. The molecule has 0 radical (unpaired) electrons. The van der Waals surface area contributed by atoms with Crippen LogP contribution >= 0.6 is 0 Å². The molecule has 2 N–H and O–H groups in total. The molecule has 0 unspecified atom stereocenters. The molecule has 8 nitrogen and oxygen atoms in total. The molecule has 8 heteroatoms. The van der Waals surface area contributed by atoms with Gasteiger partial charge in [-0.1, -0.05) is 0 Å². The van der Waals surface area contributed by atoms with Gasteiger partial charge in [0.1, 0.15) is 17.2 Å². The lowest BCUT2D eigenvalue weighted by atomic mass is 10.2. The quantitative estimate of drug-likeness (QED) is 0.284. The van der Waals surface area contributed by atoms with E-state index in [2.05, 4.69) is 10.2 Å². The number of carbonyl (C=O) groups excluding carboxylic acids is 1. The number of hydrogen-bond acceptors (Lipinski definition) is 7. The molecule has 1 aromatic carbocycles. The van der Waals surface area contributed by atoms with E-state index in [1.54, 1.807) is 0 Å². The van der Waals surface area contributed by atoms with Crippen LogP contribution in [-0.4, -0.2) is 20.9 Å². The summed E-state index contributed by atoms with van der Waals surface area (Å²) in [6.07, 6.45) is 0. The molecule has 0 fully saturated rings. The van der Waals surface area contributed by atoms with Gasteiger partial charge in [-0.05, 0) is 13.0 Å². The van der Waals surface area contributed by atoms with E-state index in [-0.39, 0.29) is 28.6 Å². The van der Waals surface area contributed by atoms with Gasteiger partial charge in [0, 0.05) is 19.1 Å². The van der Waals surface area contributed by atoms with Crippen molar-refractivity contribution in [3.63, 3.8) is 0 Å². The van der Waals surface area contributed by atoms with Crippen LogP contribution < -0.4 is 0 Å². The predicted octanol–water partition coefficient (Wildman–Crippen LogP) is 2.76. The number of azo groups is 1. The number of benzene rings is 1. The van der Waals surface area contributed by atoms with Gasteiger partial charge in [0.05, 0.1) is 4.92 Å². The Morgan fingerprint density at radius 2 is 2.00 bits per heavy atom. The van der Waals surface area contributed by atoms with E-state index in [0.717, 1.165) is 18.2 Å². The predicted molar refractivity (Wildman–Crippen MR) is 65.3 cm³/mol. The molecule has 0 aromatic heterocycles. The second-order valence-electron chi connectivity index (χ2n) is 3.62. The number of aromatic hydroxyl groups is 1. The summed E-state index contributed by atoms with van der Waals surface area (Å²) in [5.74, 6) is -1.18. The zero-order valence-corrected chi connectivity index (χ0v) is 10.2. The minimum atomic E-state index is -0.655. The van der Waals surface area contributed by atoms with Gasteiger partial charge in [0.2, 0.25) is 0 Å². The van der Waals surface area contributed by atoms with Crippen LogP contribution in [0.25, 0.3) is 0 Å². The first-order chi connectivity index (χ1) is 8.82. The molecule has 19 heavy (non-hydrogen) atoms. The number of aliphatic hydroxyl groups excluding tert-OH is 1. The summed E-state index contributed by atoms with van der Waals surface area (Å²) in [4.78, 5) is 21.0. The first-order valence-electron chi connectivity index (χ1n) is 5.13. The van der Waals surface area contributed by atoms with Gasteiger partial charge in [0.15, 0.2) is 11.5 Å². The number of allylic oxidation sites excluding steroid dienone is 2. The Hall–Kier alpha value is -2.77. The molecule has 1 rings (SSSR count). The van der Waals surface area contributed by atoms with Crippen LogP contribution in [0, 0.1) is 10.1 Å². The molecule has 0 heterocycles. The van der Waals surface area contributed by atoms with E-state index in [0.29, 0.717) is 0 Å². The van der Waals surface area contributed by atoms with E-state index in [4.69, 9.17) is 0 Å². The number of carbonyl (C=O) groups is 1. The molecule has 0 aliphatic heterocycles. The first-order valence-corrected chi connectivity index (χ1v) is 5.13. The molecule has 1 aromatic rings. The number of rotatable bonds is 4. The summed E-state index contributed by atoms with van der Waals surface area (Å²) in [5.41, 5.74) is -0.735. The van der Waals surface area contributed by atoms with E-state index >= 15 is 0 Å². The van der Waals surface area contributed by atoms with Crippen LogP contribution in [0.2, 0.25) is 0 Å². The fourth-order valence-corrected chi connectivity index (χ4v) is 1.21. The Labute approximate surface area is 107 Å². The highest BCUT2D eigenvalue weighted by Crippen LogP contribution is 2.31. The molecular weight excluding hydrogens is 254 g/mol. The maximum Gasteiger partial charge on any atom is 0.271 e. The van der Waals surface area contributed by atoms with E-state index in [9.17, 15) is 25.1 Å². The Kier molecular flexibility index (Phi) is 4.30. The molecule has 0 spiro atoms. The molecule has 100 valence electrons. The standard InChI is InChI=1S/C11H11N3O5/c1-6(15)11(7(2)16)13-12-9-5-8(14(18)19)3-4-10(9)17/h3-5,15,17H,1-2H3/b11-6+,13-12?. The third kappa shape index (κ3) is 3.60. The third-order valence-electron chi connectivity index (χ3n) is 2.10. The fourth-order valence-electron chi connectivity index (χ4n) is 1.21. The number of Topliss-reactive ketones (excluding diaryl/α,β-unsaturated/α-hetero) is 1. The molecule has 0 amide bonds. The molecule has 0 saturated heterocycles. The monoisotopic (exact) mass is 265 g/mol. The van der Waals surface area contributed by atoms with E-state index in [1.807, 2.05) is 0 Å². The molecule has 0 aliphatic carbocycles. The summed E-state index contributed by atoms with van der Waals surface area (Å²) in [7, 11) is 0. The van der Waals surface area contributed by atoms with Crippen LogP contribution in [0.1, 0.15) is 13.8 Å². The van der Waals surface area contributed by atoms with Crippen molar-refractivity contribution >= 4 is 17.2 Å². The van der Waals surface area contributed by atoms with Gasteiger partial charge in [-0.25, -0.2) is 0 Å². The number of nitrogens with zero attached hydrogens (tertiary/aromatic N) is 3. The van der Waals surface area contributed by atoms with Crippen LogP contribution in [0.15, 0.2) is 39.9 Å². The van der Waals surface area contributed by atoms with Gasteiger partial charge < -0.3 is 10.2 Å². The largest absolute Gasteiger partial charge is 0.510 e. The van der Waals surface area contributed by atoms with Gasteiger partial charge >= 0.3 is 0 Å². The number of phenols is 1. The highest BCUT2D eigenvalue weighted by Gasteiger charge is 2.11. The van der Waals surface area contributed by atoms with Crippen molar-refractivity contribution in [1.82, 2.24) is 0 Å². The lowest BCUT2D eigenvalue weighted by molar-refractivity contribution is -0.384. The zero-order chi connectivity index (χ0) is 14.6. The summed E-state index contributed by atoms with van der Waals surface area (Å²) >= 11 is 0. The minimum absolute atomic E-state index is 0.172. The summed E-state index contributed by atoms with van der Waals surface area (Å²) < 4.78 is 0. The number of phenolic OH excluding ortho intramolecular Hbond substituents is 1. The second kappa shape index (κ2) is 5.71. The van der Waals surface area contributed by atoms with Gasteiger partial charge in [-0.3, -0.25) is 14.9 Å². The normalized spacial score (nSPS) is 12.3. The van der Waals surface area contributed by atoms with Crippen molar-refractivity contribution in [1.29, 1.82) is 0 Å². The number of nitro groups is 1. The van der Waals surface area contributed by atoms with Crippen LogP contribution in [-0.2, 0) is 4.79 Å². The average molecular weight is 265 g/mol. The molecule has 0 saturated carbocycles. The van der Waals surface area contributed by atoms with Gasteiger partial charge in [-0.15, -0.1) is 10.2 Å². The Morgan fingerprint density at radius 1 is 1.37 bits per heavy atom. The maximum absolute atomic E-state index is 11.1. The van der Waals surface area contributed by atoms with Crippen molar-refractivity contribution in [3.8, 4) is 5.75 Å². The fraction of sp³-hybridized carbons (Fsp3) is 0.182. The van der Waals surface area contributed by atoms with E-state index in [1.165, 1.54) is 13.8 Å². The average Bonchev–Trinajstić information content (AvgIpc) is 2.30. The third-order valence-corrected chi connectivity index (χ3v) is 2.10. The Morgan fingerprint density at radius 3 is 2.47 bits per heavy atom. The number of non-ortho nitro benzene ring substituents is 1. The zero-order valence-electron chi connectivity index (χ0n) is 10.2. The van der Waals surface area contributed by atoms with Crippen molar-refractivity contribution in [2.45, 2.75) is 13.8 Å². The van der Waals surface area contributed by atoms with Gasteiger partial charge in [-0.2, -0.15) is 0 Å². The first kappa shape index (κ1) is 14.3. The summed E-state index contributed by atoms with van der Waals surface area (Å²) in [6, 6.07) is 3.20. The maximum atomic E-state index is 11.1. The van der Waals surface area contributed by atoms with Crippen molar-refractivity contribution in [2.75, 3.05) is 0 Å². The highest BCUT2D eigenvalue weighted by molar-refractivity contribution is 5.93. The van der Waals surface area contributed by atoms with Gasteiger partial charge in [0.25, 0.3) is 5.69 Å². The minimum Gasteiger partial charge on any atom is -0.510 e. The smallest absolute Gasteiger partial charge is 0.271 e. The van der Waals surface area contributed by atoms with Crippen molar-refractivity contribution in [3.05, 3.63) is 39.8 Å². The molecule has 0 atom stereocenters. The van der Waals surface area contributed by atoms with Crippen LogP contribution in [0.4, 0.5) is 11.4 Å². The highest BCUT2D eigenvalue weighted by atomic mass is 16.6. The Balaban J connectivity index is 3.18. The number of nitro benzene ring substituents is 1. The Bertz CT molecular complexity index is 588. The summed E-state index contributed by atoms with van der Waals surface area (Å²) in [6.45, 7) is 2.43.